The highest BCUT2D eigenvalue weighted by atomic mass is 35.5. The molecule has 0 amide bonds. The van der Waals surface area contributed by atoms with Gasteiger partial charge in [0, 0.05) is 40.3 Å². The van der Waals surface area contributed by atoms with E-state index in [0.29, 0.717) is 28.4 Å². The van der Waals surface area contributed by atoms with Gasteiger partial charge in [-0.15, -0.1) is 0 Å². The molecule has 4 aromatic rings. The summed E-state index contributed by atoms with van der Waals surface area (Å²) < 4.78 is 7.29. The molecule has 0 aliphatic carbocycles. The van der Waals surface area contributed by atoms with Gasteiger partial charge in [-0.05, 0) is 35.9 Å². The van der Waals surface area contributed by atoms with Crippen molar-refractivity contribution in [2.45, 2.75) is 6.54 Å². The van der Waals surface area contributed by atoms with Gasteiger partial charge in [-0.1, -0.05) is 54.1 Å². The lowest BCUT2D eigenvalue weighted by Crippen LogP contribution is -2.00. The Balaban J connectivity index is 1.77. The van der Waals surface area contributed by atoms with Crippen LogP contribution in [0, 0.1) is 0 Å². The summed E-state index contributed by atoms with van der Waals surface area (Å²) in [7, 11) is 1.51. The van der Waals surface area contributed by atoms with Gasteiger partial charge in [0.15, 0.2) is 5.78 Å². The number of carbonyl (C=O) groups excluding carboxylic acids is 1. The molecule has 1 N–H and O–H groups in total. The fraction of sp³-hybridized carbons (Fsp3) is 0.0800. The standard InChI is InChI=1S/C25H20ClNO3/c1-30-25-10-6-5-9-19(25)23(28)14-24(29)21-16-27(15-17-7-3-2-4-8-17)22-12-11-18(26)13-20(21)22/h2-14,16,29H,15H2,1H3/b24-14-. The van der Waals surface area contributed by atoms with Crippen molar-refractivity contribution in [2.75, 3.05) is 7.11 Å². The van der Waals surface area contributed by atoms with Gasteiger partial charge < -0.3 is 14.4 Å². The molecule has 4 rings (SSSR count). The fourth-order valence-corrected chi connectivity index (χ4v) is 3.68. The Bertz CT molecular complexity index is 1240. The van der Waals surface area contributed by atoms with E-state index >= 15 is 0 Å². The number of allylic oxidation sites excluding steroid dienone is 1. The molecule has 1 heterocycles. The average molecular weight is 418 g/mol. The van der Waals surface area contributed by atoms with Crippen LogP contribution >= 0.6 is 11.6 Å². The third kappa shape index (κ3) is 3.95. The first-order valence-corrected chi connectivity index (χ1v) is 9.85. The molecule has 150 valence electrons. The molecule has 0 unspecified atom stereocenters. The number of hydrogen-bond acceptors (Lipinski definition) is 3. The number of rotatable bonds is 6. The highest BCUT2D eigenvalue weighted by Gasteiger charge is 2.16. The normalized spacial score (nSPS) is 11.6. The summed E-state index contributed by atoms with van der Waals surface area (Å²) in [6.45, 7) is 0.632. The van der Waals surface area contributed by atoms with E-state index in [1.54, 1.807) is 30.3 Å². The molecule has 0 spiro atoms. The molecule has 0 saturated heterocycles. The Morgan fingerprint density at radius 1 is 1.03 bits per heavy atom. The van der Waals surface area contributed by atoms with Crippen LogP contribution in [0.25, 0.3) is 16.7 Å². The van der Waals surface area contributed by atoms with Crippen LogP contribution in [0.2, 0.25) is 5.02 Å². The molecule has 0 atom stereocenters. The zero-order valence-corrected chi connectivity index (χ0v) is 17.1. The second-order valence-corrected chi connectivity index (χ2v) is 7.35. The summed E-state index contributed by atoms with van der Waals surface area (Å²) in [5, 5.41) is 12.2. The number of para-hydroxylation sites is 1. The Labute approximate surface area is 179 Å². The molecule has 4 nitrogen and oxygen atoms in total. The van der Waals surface area contributed by atoms with Crippen LogP contribution in [0.4, 0.5) is 0 Å². The number of halogens is 1. The van der Waals surface area contributed by atoms with Crippen LogP contribution in [0.15, 0.2) is 85.1 Å². The Morgan fingerprint density at radius 2 is 1.77 bits per heavy atom. The summed E-state index contributed by atoms with van der Waals surface area (Å²) in [5.41, 5.74) is 2.98. The van der Waals surface area contributed by atoms with Crippen molar-refractivity contribution in [1.82, 2.24) is 4.57 Å². The van der Waals surface area contributed by atoms with Gasteiger partial charge in [0.1, 0.15) is 11.5 Å². The molecular formula is C25H20ClNO3. The Hall–Kier alpha value is -3.50. The van der Waals surface area contributed by atoms with Crippen molar-refractivity contribution >= 4 is 34.0 Å². The van der Waals surface area contributed by atoms with Gasteiger partial charge >= 0.3 is 0 Å². The molecule has 1 aromatic heterocycles. The topological polar surface area (TPSA) is 51.5 Å². The number of carbonyl (C=O) groups is 1. The SMILES string of the molecule is COc1ccccc1C(=O)/C=C(\O)c1cn(Cc2ccccc2)c2ccc(Cl)cc12. The highest BCUT2D eigenvalue weighted by molar-refractivity contribution is 6.31. The van der Waals surface area contributed by atoms with E-state index in [0.717, 1.165) is 16.5 Å². The van der Waals surface area contributed by atoms with Gasteiger partial charge in [-0.2, -0.15) is 0 Å². The summed E-state index contributed by atoms with van der Waals surface area (Å²) in [6.07, 6.45) is 3.07. The largest absolute Gasteiger partial charge is 0.507 e. The van der Waals surface area contributed by atoms with Crippen molar-refractivity contribution in [3.63, 3.8) is 0 Å². The maximum Gasteiger partial charge on any atom is 0.193 e. The minimum atomic E-state index is -0.337. The van der Waals surface area contributed by atoms with Crippen molar-refractivity contribution in [2.24, 2.45) is 0 Å². The zero-order valence-electron chi connectivity index (χ0n) is 16.4. The van der Waals surface area contributed by atoms with Gasteiger partial charge in [0.2, 0.25) is 0 Å². The number of methoxy groups -OCH3 is 1. The summed E-state index contributed by atoms with van der Waals surface area (Å²) in [6, 6.07) is 22.5. The van der Waals surface area contributed by atoms with Gasteiger partial charge in [0.05, 0.1) is 12.7 Å². The summed E-state index contributed by atoms with van der Waals surface area (Å²) in [4.78, 5) is 12.8. The average Bonchev–Trinajstić information content (AvgIpc) is 3.11. The highest BCUT2D eigenvalue weighted by Crippen LogP contribution is 2.30. The zero-order chi connectivity index (χ0) is 21.1. The molecule has 30 heavy (non-hydrogen) atoms. The maximum absolute atomic E-state index is 12.8. The van der Waals surface area contributed by atoms with E-state index in [9.17, 15) is 9.90 Å². The molecule has 5 heteroatoms. The van der Waals surface area contributed by atoms with Crippen LogP contribution in [0.3, 0.4) is 0 Å². The number of ketones is 1. The summed E-state index contributed by atoms with van der Waals surface area (Å²) in [5.74, 6) is 0.00187. The number of aliphatic hydroxyl groups excluding tert-OH is 1. The number of nitrogens with zero attached hydrogens (tertiary/aromatic N) is 1. The lowest BCUT2D eigenvalue weighted by molar-refractivity contribution is 0.104. The van der Waals surface area contributed by atoms with Gasteiger partial charge in [-0.3, -0.25) is 4.79 Å². The lowest BCUT2D eigenvalue weighted by Gasteiger charge is -2.05. The quantitative estimate of drug-likeness (QED) is 0.233. The molecule has 3 aromatic carbocycles. The molecule has 0 fully saturated rings. The number of benzene rings is 3. The van der Waals surface area contributed by atoms with E-state index in [-0.39, 0.29) is 11.5 Å². The minimum Gasteiger partial charge on any atom is -0.507 e. The number of fused-ring (bicyclic) bond motifs is 1. The maximum atomic E-state index is 12.8. The van der Waals surface area contributed by atoms with Gasteiger partial charge in [-0.25, -0.2) is 0 Å². The second kappa shape index (κ2) is 8.47. The van der Waals surface area contributed by atoms with Crippen LogP contribution in [-0.4, -0.2) is 22.6 Å². The van der Waals surface area contributed by atoms with E-state index in [4.69, 9.17) is 16.3 Å². The Morgan fingerprint density at radius 3 is 2.53 bits per heavy atom. The first kappa shape index (κ1) is 19.8. The van der Waals surface area contributed by atoms with E-state index < -0.39 is 0 Å². The van der Waals surface area contributed by atoms with Crippen LogP contribution in [0.1, 0.15) is 21.5 Å². The second-order valence-electron chi connectivity index (χ2n) is 6.91. The van der Waals surface area contributed by atoms with E-state index in [1.165, 1.54) is 13.2 Å². The fourth-order valence-electron chi connectivity index (χ4n) is 3.51. The molecular weight excluding hydrogens is 398 g/mol. The predicted molar refractivity (Wildman–Crippen MR) is 120 cm³/mol. The van der Waals surface area contributed by atoms with Crippen molar-refractivity contribution in [3.05, 3.63) is 107 Å². The number of aliphatic hydroxyl groups is 1. The smallest absolute Gasteiger partial charge is 0.193 e. The third-order valence-corrected chi connectivity index (χ3v) is 5.19. The Kier molecular flexibility index (Phi) is 5.59. The predicted octanol–water partition coefficient (Wildman–Crippen LogP) is 6.13. The monoisotopic (exact) mass is 417 g/mol. The number of aromatic nitrogens is 1. The molecule has 0 aliphatic rings. The minimum absolute atomic E-state index is 0.120. The molecule has 0 radical (unpaired) electrons. The molecule has 0 saturated carbocycles. The van der Waals surface area contributed by atoms with E-state index in [1.807, 2.05) is 53.2 Å². The van der Waals surface area contributed by atoms with E-state index in [2.05, 4.69) is 0 Å². The first-order valence-electron chi connectivity index (χ1n) is 9.47. The van der Waals surface area contributed by atoms with Crippen molar-refractivity contribution < 1.29 is 14.6 Å². The van der Waals surface area contributed by atoms with Crippen molar-refractivity contribution in [1.29, 1.82) is 0 Å². The molecule has 0 bridgehead atoms. The lowest BCUT2D eigenvalue weighted by atomic mass is 10.1. The number of hydrogen-bond donors (Lipinski definition) is 1. The first-order chi connectivity index (χ1) is 14.6. The van der Waals surface area contributed by atoms with Gasteiger partial charge in [0.25, 0.3) is 0 Å². The van der Waals surface area contributed by atoms with Crippen LogP contribution < -0.4 is 4.74 Å². The number of ether oxygens (including phenoxy) is 1. The summed E-state index contributed by atoms with van der Waals surface area (Å²) >= 11 is 6.21. The van der Waals surface area contributed by atoms with Crippen LogP contribution in [-0.2, 0) is 6.54 Å². The third-order valence-electron chi connectivity index (χ3n) is 4.96. The van der Waals surface area contributed by atoms with Crippen molar-refractivity contribution in [3.8, 4) is 5.75 Å². The van der Waals surface area contributed by atoms with Crippen LogP contribution in [0.5, 0.6) is 5.75 Å². The molecule has 0 aliphatic heterocycles.